The molecule has 1 N–H and O–H groups in total. The standard InChI is InChI=1S/C14H21NOS/c1-11(2)12(3)15(4)10-14-13(6-5-8-16)7-9-17-14/h7,9,11-12,16H,8,10H2,1-4H3. The molecule has 0 aromatic carbocycles. The van der Waals surface area contributed by atoms with Crippen molar-refractivity contribution in [2.75, 3.05) is 13.7 Å². The third-order valence-electron chi connectivity index (χ3n) is 3.10. The Morgan fingerprint density at radius 2 is 2.12 bits per heavy atom. The second kappa shape index (κ2) is 6.80. The number of aliphatic hydroxyl groups excluding tert-OH is 1. The van der Waals surface area contributed by atoms with Gasteiger partial charge in [-0.25, -0.2) is 0 Å². The van der Waals surface area contributed by atoms with E-state index in [1.54, 1.807) is 11.3 Å². The topological polar surface area (TPSA) is 23.5 Å². The van der Waals surface area contributed by atoms with Crippen LogP contribution in [0.3, 0.4) is 0 Å². The molecule has 0 radical (unpaired) electrons. The molecule has 0 aliphatic rings. The van der Waals surface area contributed by atoms with E-state index in [9.17, 15) is 0 Å². The van der Waals surface area contributed by atoms with Crippen LogP contribution in [0.4, 0.5) is 0 Å². The molecule has 0 aliphatic carbocycles. The second-order valence-corrected chi connectivity index (χ2v) is 5.62. The Kier molecular flexibility index (Phi) is 5.70. The van der Waals surface area contributed by atoms with E-state index < -0.39 is 0 Å². The zero-order valence-electron chi connectivity index (χ0n) is 11.0. The molecule has 2 nitrogen and oxygen atoms in total. The highest BCUT2D eigenvalue weighted by atomic mass is 32.1. The maximum atomic E-state index is 8.72. The first kappa shape index (κ1) is 14.2. The number of thiophene rings is 1. The molecule has 0 amide bonds. The van der Waals surface area contributed by atoms with Crippen LogP contribution < -0.4 is 0 Å². The molecule has 0 bridgehead atoms. The van der Waals surface area contributed by atoms with E-state index in [1.165, 1.54) is 4.88 Å². The van der Waals surface area contributed by atoms with Gasteiger partial charge in [-0.2, -0.15) is 0 Å². The van der Waals surface area contributed by atoms with E-state index in [1.807, 2.05) is 6.07 Å². The fourth-order valence-electron chi connectivity index (χ4n) is 1.59. The first-order chi connectivity index (χ1) is 8.06. The number of aliphatic hydroxyl groups is 1. The Morgan fingerprint density at radius 1 is 1.41 bits per heavy atom. The van der Waals surface area contributed by atoms with Crippen molar-refractivity contribution in [3.63, 3.8) is 0 Å². The van der Waals surface area contributed by atoms with Gasteiger partial charge in [0.05, 0.1) is 0 Å². The van der Waals surface area contributed by atoms with Crippen molar-refractivity contribution in [3.8, 4) is 11.8 Å². The van der Waals surface area contributed by atoms with E-state index in [0.717, 1.165) is 12.1 Å². The van der Waals surface area contributed by atoms with Gasteiger partial charge in [-0.3, -0.25) is 4.90 Å². The quantitative estimate of drug-likeness (QED) is 0.831. The van der Waals surface area contributed by atoms with Gasteiger partial charge in [0.2, 0.25) is 0 Å². The normalized spacial score (nSPS) is 12.6. The van der Waals surface area contributed by atoms with Gasteiger partial charge in [0.15, 0.2) is 0 Å². The molecule has 0 saturated carbocycles. The maximum absolute atomic E-state index is 8.72. The summed E-state index contributed by atoms with van der Waals surface area (Å²) in [5.41, 5.74) is 1.05. The summed E-state index contributed by atoms with van der Waals surface area (Å²) >= 11 is 1.73. The Morgan fingerprint density at radius 3 is 2.71 bits per heavy atom. The summed E-state index contributed by atoms with van der Waals surface area (Å²) in [5, 5.41) is 10.8. The minimum atomic E-state index is -0.0759. The van der Waals surface area contributed by atoms with Crippen LogP contribution in [0.5, 0.6) is 0 Å². The van der Waals surface area contributed by atoms with Crippen LogP contribution in [0.25, 0.3) is 0 Å². The Hall–Kier alpha value is -0.820. The second-order valence-electron chi connectivity index (χ2n) is 4.62. The average Bonchev–Trinajstić information content (AvgIpc) is 2.72. The molecule has 0 spiro atoms. The monoisotopic (exact) mass is 251 g/mol. The molecule has 3 heteroatoms. The smallest absolute Gasteiger partial charge is 0.104 e. The highest BCUT2D eigenvalue weighted by Gasteiger charge is 2.14. The van der Waals surface area contributed by atoms with E-state index in [0.29, 0.717) is 12.0 Å². The minimum absolute atomic E-state index is 0.0759. The zero-order chi connectivity index (χ0) is 12.8. The van der Waals surface area contributed by atoms with Crippen molar-refractivity contribution >= 4 is 11.3 Å². The summed E-state index contributed by atoms with van der Waals surface area (Å²) in [4.78, 5) is 3.63. The van der Waals surface area contributed by atoms with E-state index in [2.05, 4.69) is 49.9 Å². The van der Waals surface area contributed by atoms with Crippen LogP contribution in [0.15, 0.2) is 11.4 Å². The Balaban J connectivity index is 2.71. The van der Waals surface area contributed by atoms with Crippen LogP contribution >= 0.6 is 11.3 Å². The van der Waals surface area contributed by atoms with Crippen molar-refractivity contribution in [1.29, 1.82) is 0 Å². The van der Waals surface area contributed by atoms with Crippen LogP contribution in [-0.4, -0.2) is 29.7 Å². The fourth-order valence-corrected chi connectivity index (χ4v) is 2.48. The van der Waals surface area contributed by atoms with E-state index >= 15 is 0 Å². The summed E-state index contributed by atoms with van der Waals surface area (Å²) in [6.45, 7) is 7.57. The average molecular weight is 251 g/mol. The molecule has 1 rings (SSSR count). The highest BCUT2D eigenvalue weighted by molar-refractivity contribution is 7.10. The summed E-state index contributed by atoms with van der Waals surface area (Å²) in [7, 11) is 2.15. The third kappa shape index (κ3) is 4.16. The van der Waals surface area contributed by atoms with Gasteiger partial charge >= 0.3 is 0 Å². The molecule has 0 saturated heterocycles. The van der Waals surface area contributed by atoms with E-state index in [4.69, 9.17) is 5.11 Å². The zero-order valence-corrected chi connectivity index (χ0v) is 11.8. The molecular weight excluding hydrogens is 230 g/mol. The molecule has 1 unspecified atom stereocenters. The molecule has 94 valence electrons. The lowest BCUT2D eigenvalue weighted by Crippen LogP contribution is -2.32. The van der Waals surface area contributed by atoms with Crippen LogP contribution in [0.2, 0.25) is 0 Å². The van der Waals surface area contributed by atoms with Crippen LogP contribution in [-0.2, 0) is 6.54 Å². The molecule has 0 aliphatic heterocycles. The largest absolute Gasteiger partial charge is 0.384 e. The number of hydrogen-bond donors (Lipinski definition) is 1. The van der Waals surface area contributed by atoms with Gasteiger partial charge in [-0.05, 0) is 31.3 Å². The molecule has 1 atom stereocenters. The summed E-state index contributed by atoms with van der Waals surface area (Å²) in [6, 6.07) is 2.58. The van der Waals surface area contributed by atoms with Gasteiger partial charge in [0, 0.05) is 23.0 Å². The molecule has 0 fully saturated rings. The van der Waals surface area contributed by atoms with Gasteiger partial charge in [0.25, 0.3) is 0 Å². The van der Waals surface area contributed by atoms with Crippen LogP contribution in [0.1, 0.15) is 31.2 Å². The van der Waals surface area contributed by atoms with Gasteiger partial charge in [0.1, 0.15) is 6.61 Å². The summed E-state index contributed by atoms with van der Waals surface area (Å²) in [6.07, 6.45) is 0. The minimum Gasteiger partial charge on any atom is -0.384 e. The van der Waals surface area contributed by atoms with Gasteiger partial charge < -0.3 is 5.11 Å². The van der Waals surface area contributed by atoms with Crippen LogP contribution in [0, 0.1) is 17.8 Å². The fraction of sp³-hybridized carbons (Fsp3) is 0.571. The number of hydrogen-bond acceptors (Lipinski definition) is 3. The molecule has 1 heterocycles. The van der Waals surface area contributed by atoms with Gasteiger partial charge in [-0.1, -0.05) is 25.7 Å². The summed E-state index contributed by atoms with van der Waals surface area (Å²) < 4.78 is 0. The summed E-state index contributed by atoms with van der Waals surface area (Å²) in [5.74, 6) is 6.36. The molecular formula is C14H21NOS. The Bertz CT molecular complexity index is 400. The molecule has 1 aromatic heterocycles. The molecule has 17 heavy (non-hydrogen) atoms. The van der Waals surface area contributed by atoms with Crippen molar-refractivity contribution in [2.24, 2.45) is 5.92 Å². The number of nitrogens with zero attached hydrogens (tertiary/aromatic N) is 1. The van der Waals surface area contributed by atoms with Crippen molar-refractivity contribution < 1.29 is 5.11 Å². The first-order valence-electron chi connectivity index (χ1n) is 5.92. The molecule has 1 aromatic rings. The predicted molar refractivity (Wildman–Crippen MR) is 74.0 cm³/mol. The predicted octanol–water partition coefficient (Wildman–Crippen LogP) is 2.57. The van der Waals surface area contributed by atoms with Crippen molar-refractivity contribution in [2.45, 2.75) is 33.4 Å². The SMILES string of the molecule is CC(C)C(C)N(C)Cc1sccc1C#CCO. The lowest BCUT2D eigenvalue weighted by Gasteiger charge is -2.27. The third-order valence-corrected chi connectivity index (χ3v) is 4.01. The first-order valence-corrected chi connectivity index (χ1v) is 6.80. The number of rotatable bonds is 4. The lowest BCUT2D eigenvalue weighted by molar-refractivity contribution is 0.202. The van der Waals surface area contributed by atoms with Crippen molar-refractivity contribution in [3.05, 3.63) is 21.9 Å². The maximum Gasteiger partial charge on any atom is 0.104 e. The van der Waals surface area contributed by atoms with Gasteiger partial charge in [-0.15, -0.1) is 11.3 Å². The van der Waals surface area contributed by atoms with Crippen molar-refractivity contribution in [1.82, 2.24) is 4.90 Å². The van der Waals surface area contributed by atoms with E-state index in [-0.39, 0.29) is 6.61 Å². The Labute approximate surface area is 108 Å². The highest BCUT2D eigenvalue weighted by Crippen LogP contribution is 2.20. The lowest BCUT2D eigenvalue weighted by atomic mass is 10.1.